The second-order valence-corrected chi connectivity index (χ2v) is 8.25. The van der Waals surface area contributed by atoms with E-state index in [2.05, 4.69) is 25.0 Å². The van der Waals surface area contributed by atoms with E-state index in [1.54, 1.807) is 18.2 Å². The van der Waals surface area contributed by atoms with E-state index >= 15 is 0 Å². The molecule has 38 heavy (non-hydrogen) atoms. The molecule has 0 saturated carbocycles. The van der Waals surface area contributed by atoms with Gasteiger partial charge in [-0.25, -0.2) is 14.8 Å². The van der Waals surface area contributed by atoms with Crippen molar-refractivity contribution >= 4 is 40.0 Å². The first-order valence-corrected chi connectivity index (χ1v) is 10.8. The van der Waals surface area contributed by atoms with Crippen molar-refractivity contribution in [2.24, 2.45) is 0 Å². The lowest BCUT2D eigenvalue weighted by molar-refractivity contribution is -0.137. The van der Waals surface area contributed by atoms with Crippen molar-refractivity contribution in [2.75, 3.05) is 36.7 Å². The molecule has 0 radical (unpaired) electrons. The Morgan fingerprint density at radius 3 is 2.42 bits per heavy atom. The third-order valence-corrected chi connectivity index (χ3v) is 5.53. The molecule has 4 rings (SSSR count). The summed E-state index contributed by atoms with van der Waals surface area (Å²) in [4.78, 5) is 23.6. The lowest BCUT2D eigenvalue weighted by Crippen LogP contribution is -2.16. The minimum Gasteiger partial charge on any atom is -0.453 e. The van der Waals surface area contributed by atoms with Crippen LogP contribution in [-0.4, -0.2) is 42.3 Å². The Morgan fingerprint density at radius 1 is 1.05 bits per heavy atom. The number of halogens is 6. The maximum atomic E-state index is 14.0. The first kappa shape index (κ1) is 26.6. The number of nitrogens with zero attached hydrogens (tertiary/aromatic N) is 3. The normalized spacial score (nSPS) is 11.9. The van der Waals surface area contributed by atoms with Gasteiger partial charge >= 0.3 is 18.4 Å². The molecule has 2 aromatic carbocycles. The molecule has 2 aromatic heterocycles. The van der Waals surface area contributed by atoms with Gasteiger partial charge in [0.1, 0.15) is 11.1 Å². The Morgan fingerprint density at radius 2 is 1.79 bits per heavy atom. The second-order valence-electron chi connectivity index (χ2n) is 8.25. The summed E-state index contributed by atoms with van der Waals surface area (Å²) >= 11 is 0. The molecule has 0 saturated heterocycles. The number of amides is 1. The van der Waals surface area contributed by atoms with Crippen LogP contribution in [0.25, 0.3) is 22.2 Å². The predicted molar refractivity (Wildman–Crippen MR) is 129 cm³/mol. The van der Waals surface area contributed by atoms with Crippen LogP contribution >= 0.6 is 0 Å². The summed E-state index contributed by atoms with van der Waals surface area (Å²) in [5, 5.41) is 4.61. The SMILES string of the molecule is COC(=O)Nc1ccc2c(-c3nc(Nc4cccc(N(C)C)c4)ncc3C(F)(F)F)c[nH]c2c1C(F)(F)F. The fourth-order valence-corrected chi connectivity index (χ4v) is 3.80. The van der Waals surface area contributed by atoms with Gasteiger partial charge in [0.15, 0.2) is 0 Å². The summed E-state index contributed by atoms with van der Waals surface area (Å²) < 4.78 is 88.0. The highest BCUT2D eigenvalue weighted by atomic mass is 19.4. The Balaban J connectivity index is 1.88. The number of fused-ring (bicyclic) bond motifs is 1. The number of alkyl halides is 6. The van der Waals surface area contributed by atoms with E-state index in [0.717, 1.165) is 31.1 Å². The number of ether oxygens (including phenoxy) is 1. The van der Waals surface area contributed by atoms with Crippen LogP contribution in [0.1, 0.15) is 11.1 Å². The molecule has 3 N–H and O–H groups in total. The largest absolute Gasteiger partial charge is 0.453 e. The molecule has 0 aliphatic heterocycles. The number of H-pyrrole nitrogens is 1. The van der Waals surface area contributed by atoms with E-state index in [1.165, 1.54) is 0 Å². The van der Waals surface area contributed by atoms with E-state index in [-0.39, 0.29) is 16.9 Å². The van der Waals surface area contributed by atoms with Gasteiger partial charge in [-0.05, 0) is 24.3 Å². The van der Waals surface area contributed by atoms with Crippen LogP contribution in [0.4, 0.5) is 54.1 Å². The summed E-state index contributed by atoms with van der Waals surface area (Å²) in [5.74, 6) is -0.196. The van der Waals surface area contributed by atoms with Crippen molar-refractivity contribution in [3.63, 3.8) is 0 Å². The Kier molecular flexibility index (Phi) is 6.82. The zero-order valence-corrected chi connectivity index (χ0v) is 20.0. The smallest absolute Gasteiger partial charge is 0.420 e. The van der Waals surface area contributed by atoms with Gasteiger partial charge < -0.3 is 19.9 Å². The van der Waals surface area contributed by atoms with E-state index in [1.807, 2.05) is 30.4 Å². The number of hydrogen-bond acceptors (Lipinski definition) is 6. The fraction of sp³-hybridized carbons (Fsp3) is 0.208. The van der Waals surface area contributed by atoms with Gasteiger partial charge in [0.25, 0.3) is 0 Å². The summed E-state index contributed by atoms with van der Waals surface area (Å²) in [6.45, 7) is 0. The molecule has 2 heterocycles. The lowest BCUT2D eigenvalue weighted by Gasteiger charge is -2.16. The molecule has 8 nitrogen and oxygen atoms in total. The number of nitrogens with one attached hydrogen (secondary N) is 3. The molecule has 0 spiro atoms. The highest BCUT2D eigenvalue weighted by molar-refractivity contribution is 6.01. The molecule has 0 bridgehead atoms. The fourth-order valence-electron chi connectivity index (χ4n) is 3.80. The number of carbonyl (C=O) groups excluding carboxylic acids is 1. The number of carbonyl (C=O) groups is 1. The zero-order valence-electron chi connectivity index (χ0n) is 20.0. The number of aromatic amines is 1. The van der Waals surface area contributed by atoms with Crippen LogP contribution in [0, 0.1) is 0 Å². The number of aromatic nitrogens is 3. The van der Waals surface area contributed by atoms with Crippen LogP contribution in [0.5, 0.6) is 0 Å². The highest BCUT2D eigenvalue weighted by Crippen LogP contribution is 2.44. The van der Waals surface area contributed by atoms with Crippen molar-refractivity contribution in [2.45, 2.75) is 12.4 Å². The van der Waals surface area contributed by atoms with Crippen molar-refractivity contribution in [1.82, 2.24) is 15.0 Å². The molecule has 1 amide bonds. The third kappa shape index (κ3) is 5.28. The van der Waals surface area contributed by atoms with Crippen molar-refractivity contribution in [3.8, 4) is 11.3 Å². The maximum Gasteiger partial charge on any atom is 0.420 e. The van der Waals surface area contributed by atoms with E-state index in [9.17, 15) is 31.1 Å². The van der Waals surface area contributed by atoms with Gasteiger partial charge in [0.05, 0.1) is 24.0 Å². The molecule has 4 aromatic rings. The Bertz CT molecular complexity index is 1500. The quantitative estimate of drug-likeness (QED) is 0.246. The summed E-state index contributed by atoms with van der Waals surface area (Å²) in [7, 11) is 4.60. The third-order valence-electron chi connectivity index (χ3n) is 5.53. The Labute approximate surface area is 211 Å². The first-order valence-electron chi connectivity index (χ1n) is 10.8. The van der Waals surface area contributed by atoms with Crippen molar-refractivity contribution < 1.29 is 35.9 Å². The molecule has 0 atom stereocenters. The molecule has 0 fully saturated rings. The minimum atomic E-state index is -4.97. The average molecular weight is 538 g/mol. The Hall–Kier alpha value is -4.49. The number of hydrogen-bond donors (Lipinski definition) is 3. The van der Waals surface area contributed by atoms with Crippen LogP contribution in [0.3, 0.4) is 0 Å². The molecular formula is C24H20F6N6O2. The molecule has 14 heteroatoms. The maximum absolute atomic E-state index is 14.0. The van der Waals surface area contributed by atoms with Crippen LogP contribution in [0.2, 0.25) is 0 Å². The highest BCUT2D eigenvalue weighted by Gasteiger charge is 2.39. The van der Waals surface area contributed by atoms with Gasteiger partial charge in [-0.1, -0.05) is 12.1 Å². The van der Waals surface area contributed by atoms with Crippen LogP contribution in [-0.2, 0) is 17.1 Å². The summed E-state index contributed by atoms with van der Waals surface area (Å²) in [6, 6.07) is 9.00. The summed E-state index contributed by atoms with van der Waals surface area (Å²) in [5.41, 5.74) is -3.28. The number of methoxy groups -OCH3 is 1. The lowest BCUT2D eigenvalue weighted by atomic mass is 10.0. The predicted octanol–water partition coefficient (Wildman–Crippen LogP) is 6.65. The molecule has 0 unspecified atom stereocenters. The molecule has 0 aliphatic carbocycles. The number of rotatable bonds is 5. The number of anilines is 4. The van der Waals surface area contributed by atoms with Crippen LogP contribution < -0.4 is 15.5 Å². The molecule has 0 aliphatic rings. The van der Waals surface area contributed by atoms with E-state index in [4.69, 9.17) is 0 Å². The van der Waals surface area contributed by atoms with E-state index in [0.29, 0.717) is 11.9 Å². The number of benzene rings is 2. The monoisotopic (exact) mass is 538 g/mol. The molecular weight excluding hydrogens is 518 g/mol. The van der Waals surface area contributed by atoms with Crippen molar-refractivity contribution in [1.29, 1.82) is 0 Å². The van der Waals surface area contributed by atoms with Gasteiger partial charge in [-0.2, -0.15) is 26.3 Å². The summed E-state index contributed by atoms with van der Waals surface area (Å²) in [6.07, 6.45) is -9.46. The zero-order chi connectivity index (χ0) is 27.8. The van der Waals surface area contributed by atoms with Gasteiger partial charge in [0, 0.05) is 48.8 Å². The average Bonchev–Trinajstić information content (AvgIpc) is 3.26. The van der Waals surface area contributed by atoms with Crippen LogP contribution in [0.15, 0.2) is 48.8 Å². The van der Waals surface area contributed by atoms with Gasteiger partial charge in [0.2, 0.25) is 5.95 Å². The minimum absolute atomic E-state index is 0.196. The molecule has 200 valence electrons. The van der Waals surface area contributed by atoms with Crippen molar-refractivity contribution in [3.05, 3.63) is 59.9 Å². The van der Waals surface area contributed by atoms with E-state index < -0.39 is 46.5 Å². The first-order chi connectivity index (χ1) is 17.8. The van der Waals surface area contributed by atoms with Gasteiger partial charge in [-0.3, -0.25) is 5.32 Å². The van der Waals surface area contributed by atoms with Gasteiger partial charge in [-0.15, -0.1) is 0 Å². The standard InChI is InChI=1S/C24H20F6N6O2/c1-36(2)13-6-4-5-12(9-13)33-21-32-11-16(23(25,26)27)19(35-21)15-10-31-20-14(15)7-8-17(34-22(37)38-3)18(20)24(28,29)30/h4-11,31H,1-3H3,(H,34,37)(H,32,33,35). The second kappa shape index (κ2) is 9.76. The topological polar surface area (TPSA) is 95.2 Å².